The molecular formula is C72H46N4O. The van der Waals surface area contributed by atoms with E-state index in [1.165, 1.54) is 77.6 Å². The fourth-order valence-electron chi connectivity index (χ4n) is 12.7. The Morgan fingerprint density at radius 3 is 1.43 bits per heavy atom. The van der Waals surface area contributed by atoms with Crippen LogP contribution in [0.4, 0.5) is 22.7 Å². The Balaban J connectivity index is 0.920. The van der Waals surface area contributed by atoms with E-state index in [4.69, 9.17) is 9.72 Å². The van der Waals surface area contributed by atoms with Crippen molar-refractivity contribution < 1.29 is 4.74 Å². The van der Waals surface area contributed by atoms with E-state index >= 15 is 0 Å². The molecule has 0 saturated carbocycles. The van der Waals surface area contributed by atoms with Gasteiger partial charge in [0.1, 0.15) is 23.8 Å². The van der Waals surface area contributed by atoms with Gasteiger partial charge < -0.3 is 14.5 Å². The molecule has 5 nitrogen and oxygen atoms in total. The summed E-state index contributed by atoms with van der Waals surface area (Å²) >= 11 is 0. The summed E-state index contributed by atoms with van der Waals surface area (Å²) in [6, 6.07) is 94.5. The summed E-state index contributed by atoms with van der Waals surface area (Å²) in [4.78, 5) is 10.3. The Morgan fingerprint density at radius 1 is 0.312 bits per heavy atom. The average Bonchev–Trinajstić information content (AvgIpc) is 4.22. The van der Waals surface area contributed by atoms with Crippen LogP contribution in [0.2, 0.25) is 0 Å². The molecular weight excluding hydrogens is 937 g/mol. The predicted octanol–water partition coefficient (Wildman–Crippen LogP) is 19.4. The van der Waals surface area contributed by atoms with Crippen LogP contribution in [0.5, 0.6) is 11.5 Å². The number of hydrogen-bond acceptors (Lipinski definition) is 4. The number of benzene rings is 11. The van der Waals surface area contributed by atoms with Crippen LogP contribution in [0.1, 0.15) is 0 Å². The highest BCUT2D eigenvalue weighted by Crippen LogP contribution is 2.60. The third kappa shape index (κ3) is 6.64. The van der Waals surface area contributed by atoms with Crippen LogP contribution in [-0.4, -0.2) is 16.1 Å². The number of ether oxygens (including phenoxy) is 1. The van der Waals surface area contributed by atoms with Crippen molar-refractivity contribution in [1.29, 1.82) is 0 Å². The Bertz CT molecular complexity index is 4700. The van der Waals surface area contributed by atoms with Crippen LogP contribution < -0.4 is 14.5 Å². The molecule has 5 heterocycles. The first-order valence-corrected chi connectivity index (χ1v) is 26.4. The molecule has 0 N–H and O–H groups in total. The summed E-state index contributed by atoms with van der Waals surface area (Å²) in [6.07, 6.45) is 1.91. The molecule has 11 aromatic carbocycles. The van der Waals surface area contributed by atoms with E-state index in [0.29, 0.717) is 6.67 Å². The minimum atomic E-state index is 0.563. The van der Waals surface area contributed by atoms with E-state index in [-0.39, 0.29) is 0 Å². The number of para-hydroxylation sites is 2. The minimum Gasteiger partial charge on any atom is -0.457 e. The van der Waals surface area contributed by atoms with E-state index in [0.717, 1.165) is 72.0 Å². The first-order valence-electron chi connectivity index (χ1n) is 26.4. The molecule has 0 radical (unpaired) electrons. The van der Waals surface area contributed by atoms with Crippen molar-refractivity contribution in [3.05, 3.63) is 267 Å². The van der Waals surface area contributed by atoms with Gasteiger partial charge in [-0.05, 0) is 85.8 Å². The lowest BCUT2D eigenvalue weighted by Gasteiger charge is -2.29. The highest BCUT2D eigenvalue weighted by molar-refractivity contribution is 6.25. The second-order valence-corrected chi connectivity index (χ2v) is 20.2. The van der Waals surface area contributed by atoms with Crippen LogP contribution >= 0.6 is 0 Å². The lowest BCUT2D eigenvalue weighted by atomic mass is 9.91. The third-order valence-electron chi connectivity index (χ3n) is 16.0. The van der Waals surface area contributed by atoms with Crippen molar-refractivity contribution in [2.45, 2.75) is 0 Å². The number of nitrogens with zero attached hydrogens (tertiary/aromatic N) is 4. The number of pyridine rings is 1. The second kappa shape index (κ2) is 17.2. The minimum absolute atomic E-state index is 0.563. The topological polar surface area (TPSA) is 33.0 Å². The quantitative estimate of drug-likeness (QED) is 0.166. The molecule has 360 valence electrons. The largest absolute Gasteiger partial charge is 0.457 e. The molecule has 77 heavy (non-hydrogen) atoms. The molecule has 2 aliphatic rings. The fourth-order valence-corrected chi connectivity index (χ4v) is 12.7. The zero-order valence-electron chi connectivity index (χ0n) is 41.8. The molecule has 3 aromatic heterocycles. The maximum Gasteiger partial charge on any atom is 0.145 e. The van der Waals surface area contributed by atoms with Gasteiger partial charge in [0.15, 0.2) is 0 Å². The van der Waals surface area contributed by atoms with Crippen LogP contribution in [0.15, 0.2) is 267 Å². The van der Waals surface area contributed by atoms with Crippen molar-refractivity contribution in [3.8, 4) is 67.1 Å². The second-order valence-electron chi connectivity index (χ2n) is 20.2. The Labute approximate surface area is 445 Å². The molecule has 16 rings (SSSR count). The molecule has 0 spiro atoms. The SMILES string of the molecule is c1ccc(-c2cccc(-c3ccccc3)c2N2CN3c4cc(Oc5ccc6c7cccc8c9ccccc9c9ccccc9c9cccnc9n(c6c5)c87)ccc4-c4ccccc4-c4ccc(-c5ccccc5)c2c43)cc1. The summed E-state index contributed by atoms with van der Waals surface area (Å²) < 4.78 is 9.56. The zero-order chi connectivity index (χ0) is 50.6. The standard InChI is InChI=1S/C72H46N4O/c1-4-19-46(20-5-1)51-31-16-32-52(47-21-6-2-7-22-47)68(51)75-45-74-66-43-49(36-38-60(66)56-27-12-14-29-58(56)64-41-40-53(70(75)71(64)74)48-23-8-3-9-24-48)77-50-37-39-61-63-34-17-33-62-57-28-13-10-25-54(57)55-26-11-15-30-59(55)65-35-18-42-73-72(65)76(69(62)63)67(61)44-50/h1-44H,45H2. The number of fused-ring (bicyclic) bond motifs is 15. The molecule has 0 amide bonds. The summed E-state index contributed by atoms with van der Waals surface area (Å²) in [5, 5.41) is 9.24. The Hall–Kier alpha value is -10.2. The lowest BCUT2D eigenvalue weighted by Crippen LogP contribution is -2.25. The summed E-state index contributed by atoms with van der Waals surface area (Å²) in [6.45, 7) is 0.563. The van der Waals surface area contributed by atoms with Crippen molar-refractivity contribution in [2.24, 2.45) is 0 Å². The Morgan fingerprint density at radius 2 is 0.766 bits per heavy atom. The molecule has 5 heteroatoms. The molecule has 0 aliphatic carbocycles. The van der Waals surface area contributed by atoms with Gasteiger partial charge in [-0.15, -0.1) is 0 Å². The summed E-state index contributed by atoms with van der Waals surface area (Å²) in [5.74, 6) is 1.49. The summed E-state index contributed by atoms with van der Waals surface area (Å²) in [5.41, 5.74) is 19.4. The van der Waals surface area contributed by atoms with Gasteiger partial charge in [-0.3, -0.25) is 4.40 Å². The number of rotatable bonds is 6. The van der Waals surface area contributed by atoms with Crippen molar-refractivity contribution >= 4 is 82.5 Å². The monoisotopic (exact) mass is 982 g/mol. The summed E-state index contributed by atoms with van der Waals surface area (Å²) in [7, 11) is 0. The van der Waals surface area contributed by atoms with E-state index in [1.54, 1.807) is 0 Å². The maximum atomic E-state index is 7.19. The van der Waals surface area contributed by atoms with Gasteiger partial charge in [0.05, 0.1) is 33.8 Å². The molecule has 0 saturated heterocycles. The van der Waals surface area contributed by atoms with Crippen LogP contribution in [0, 0.1) is 0 Å². The number of aromatic nitrogens is 2. The molecule has 2 aliphatic heterocycles. The van der Waals surface area contributed by atoms with Gasteiger partial charge in [0, 0.05) is 67.7 Å². The predicted molar refractivity (Wildman–Crippen MR) is 321 cm³/mol. The first kappa shape index (κ1) is 43.2. The molecule has 0 bridgehead atoms. The fraction of sp³-hybridized carbons (Fsp3) is 0.0139. The lowest BCUT2D eigenvalue weighted by molar-refractivity contribution is 0.483. The van der Waals surface area contributed by atoms with E-state index in [1.807, 2.05) is 12.3 Å². The van der Waals surface area contributed by atoms with Gasteiger partial charge in [0.25, 0.3) is 0 Å². The van der Waals surface area contributed by atoms with Crippen molar-refractivity contribution in [3.63, 3.8) is 0 Å². The first-order chi connectivity index (χ1) is 38.2. The number of anilines is 4. The van der Waals surface area contributed by atoms with E-state index in [9.17, 15) is 0 Å². The van der Waals surface area contributed by atoms with Gasteiger partial charge >= 0.3 is 0 Å². The van der Waals surface area contributed by atoms with Gasteiger partial charge in [0.2, 0.25) is 0 Å². The third-order valence-corrected chi connectivity index (χ3v) is 16.0. The molecule has 0 unspecified atom stereocenters. The smallest absolute Gasteiger partial charge is 0.145 e. The molecule has 14 aromatic rings. The zero-order valence-corrected chi connectivity index (χ0v) is 41.8. The van der Waals surface area contributed by atoms with Crippen molar-refractivity contribution in [1.82, 2.24) is 9.38 Å². The Kier molecular flexibility index (Phi) is 9.63. The number of hydrogen-bond donors (Lipinski definition) is 0. The molecule has 0 fully saturated rings. The van der Waals surface area contributed by atoms with Crippen LogP contribution in [0.25, 0.3) is 115 Å². The van der Waals surface area contributed by atoms with E-state index in [2.05, 4.69) is 269 Å². The molecule has 0 atom stereocenters. The normalized spacial score (nSPS) is 12.6. The van der Waals surface area contributed by atoms with Crippen LogP contribution in [-0.2, 0) is 0 Å². The van der Waals surface area contributed by atoms with Gasteiger partial charge in [-0.25, -0.2) is 4.98 Å². The average molecular weight is 983 g/mol. The maximum absolute atomic E-state index is 7.19. The van der Waals surface area contributed by atoms with E-state index < -0.39 is 0 Å². The van der Waals surface area contributed by atoms with Crippen molar-refractivity contribution in [2.75, 3.05) is 16.5 Å². The highest BCUT2D eigenvalue weighted by atomic mass is 16.5. The highest BCUT2D eigenvalue weighted by Gasteiger charge is 2.39. The van der Waals surface area contributed by atoms with Gasteiger partial charge in [-0.1, -0.05) is 212 Å². The van der Waals surface area contributed by atoms with Gasteiger partial charge in [-0.2, -0.15) is 0 Å². The van der Waals surface area contributed by atoms with Crippen LogP contribution in [0.3, 0.4) is 0 Å².